The van der Waals surface area contributed by atoms with Crippen molar-refractivity contribution in [3.8, 4) is 11.1 Å². The third-order valence-electron chi connectivity index (χ3n) is 2.58. The largest absolute Gasteiger partial charge is 0.286 e. The van der Waals surface area contributed by atoms with E-state index < -0.39 is 0 Å². The third kappa shape index (κ3) is 1.27. The van der Waals surface area contributed by atoms with E-state index in [4.69, 9.17) is 0 Å². The molecule has 3 aromatic heterocycles. The summed E-state index contributed by atoms with van der Waals surface area (Å²) in [5.74, 6) is 0.890. The molecule has 0 aliphatic heterocycles. The summed E-state index contributed by atoms with van der Waals surface area (Å²) in [5.41, 5.74) is 2.98. The van der Waals surface area contributed by atoms with Crippen LogP contribution in [0, 0.1) is 6.92 Å². The Bertz CT molecular complexity index is 628. The molecule has 16 heavy (non-hydrogen) atoms. The maximum Gasteiger partial charge on any atom is 0.168 e. The molecule has 3 heterocycles. The van der Waals surface area contributed by atoms with Crippen LogP contribution in [-0.4, -0.2) is 19.6 Å². The second-order valence-corrected chi connectivity index (χ2v) is 3.60. The zero-order valence-corrected chi connectivity index (χ0v) is 8.83. The van der Waals surface area contributed by atoms with Crippen LogP contribution in [0.3, 0.4) is 0 Å². The predicted molar refractivity (Wildman–Crippen MR) is 61.0 cm³/mol. The van der Waals surface area contributed by atoms with Crippen LogP contribution in [0.25, 0.3) is 16.8 Å². The van der Waals surface area contributed by atoms with Gasteiger partial charge in [0.1, 0.15) is 5.82 Å². The summed E-state index contributed by atoms with van der Waals surface area (Å²) in [6.45, 7) is 1.94. The van der Waals surface area contributed by atoms with E-state index in [9.17, 15) is 0 Å². The van der Waals surface area contributed by atoms with Gasteiger partial charge in [-0.3, -0.25) is 9.38 Å². The summed E-state index contributed by atoms with van der Waals surface area (Å²) in [4.78, 5) is 4.12. The molecular weight excluding hydrogens is 200 g/mol. The SMILES string of the molecule is Cc1nnc2c(-c3cccnc3)cccn12. The quantitative estimate of drug-likeness (QED) is 0.617. The van der Waals surface area contributed by atoms with Gasteiger partial charge in [0.25, 0.3) is 0 Å². The highest BCUT2D eigenvalue weighted by Crippen LogP contribution is 2.22. The van der Waals surface area contributed by atoms with Crippen LogP contribution in [0.4, 0.5) is 0 Å². The van der Waals surface area contributed by atoms with E-state index in [1.165, 1.54) is 0 Å². The zero-order chi connectivity index (χ0) is 11.0. The monoisotopic (exact) mass is 210 g/mol. The molecule has 4 nitrogen and oxygen atoms in total. The standard InChI is InChI=1S/C12H10N4/c1-9-14-15-12-11(5-3-7-16(9)12)10-4-2-6-13-8-10/h2-8H,1H3. The molecule has 0 unspecified atom stereocenters. The Hall–Kier alpha value is -2.23. The van der Waals surface area contributed by atoms with Gasteiger partial charge in [0.2, 0.25) is 0 Å². The van der Waals surface area contributed by atoms with Crippen molar-refractivity contribution < 1.29 is 0 Å². The van der Waals surface area contributed by atoms with Gasteiger partial charge in [-0.05, 0) is 25.1 Å². The molecule has 0 aliphatic rings. The average Bonchev–Trinajstić information content (AvgIpc) is 2.73. The minimum absolute atomic E-state index is 0.869. The van der Waals surface area contributed by atoms with E-state index in [0.717, 1.165) is 22.6 Å². The molecule has 0 radical (unpaired) electrons. The third-order valence-corrected chi connectivity index (χ3v) is 2.58. The number of nitrogens with zero attached hydrogens (tertiary/aromatic N) is 4. The fraction of sp³-hybridized carbons (Fsp3) is 0.0833. The van der Waals surface area contributed by atoms with E-state index in [0.29, 0.717) is 0 Å². The molecule has 3 aromatic rings. The smallest absolute Gasteiger partial charge is 0.168 e. The molecule has 4 heteroatoms. The highest BCUT2D eigenvalue weighted by Gasteiger charge is 2.07. The highest BCUT2D eigenvalue weighted by atomic mass is 15.2. The Balaban J connectivity index is 2.32. The molecule has 0 amide bonds. The molecule has 0 saturated carbocycles. The van der Waals surface area contributed by atoms with Crippen LogP contribution in [0.2, 0.25) is 0 Å². The Morgan fingerprint density at radius 3 is 2.88 bits per heavy atom. The summed E-state index contributed by atoms with van der Waals surface area (Å²) in [6, 6.07) is 7.96. The van der Waals surface area contributed by atoms with Crippen molar-refractivity contribution in [2.24, 2.45) is 0 Å². The number of rotatable bonds is 1. The van der Waals surface area contributed by atoms with Crippen molar-refractivity contribution in [3.63, 3.8) is 0 Å². The van der Waals surface area contributed by atoms with Crippen molar-refractivity contribution in [3.05, 3.63) is 48.7 Å². The van der Waals surface area contributed by atoms with Crippen LogP contribution in [-0.2, 0) is 0 Å². The van der Waals surface area contributed by atoms with Crippen molar-refractivity contribution in [1.82, 2.24) is 19.6 Å². The van der Waals surface area contributed by atoms with Crippen molar-refractivity contribution in [2.45, 2.75) is 6.92 Å². The van der Waals surface area contributed by atoms with E-state index in [1.807, 2.05) is 48.0 Å². The minimum Gasteiger partial charge on any atom is -0.286 e. The van der Waals surface area contributed by atoms with E-state index >= 15 is 0 Å². The first kappa shape index (κ1) is 9.03. The van der Waals surface area contributed by atoms with E-state index in [1.54, 1.807) is 6.20 Å². The van der Waals surface area contributed by atoms with Gasteiger partial charge >= 0.3 is 0 Å². The highest BCUT2D eigenvalue weighted by molar-refractivity contribution is 5.76. The lowest BCUT2D eigenvalue weighted by molar-refractivity contribution is 1.01. The van der Waals surface area contributed by atoms with Gasteiger partial charge in [-0.2, -0.15) is 0 Å². The van der Waals surface area contributed by atoms with Gasteiger partial charge in [-0.25, -0.2) is 0 Å². The van der Waals surface area contributed by atoms with Gasteiger partial charge in [0.15, 0.2) is 5.65 Å². The fourth-order valence-electron chi connectivity index (χ4n) is 1.78. The Kier molecular flexibility index (Phi) is 1.93. The van der Waals surface area contributed by atoms with E-state index in [2.05, 4.69) is 15.2 Å². The maximum atomic E-state index is 4.18. The molecule has 0 bridgehead atoms. The number of hydrogen-bond acceptors (Lipinski definition) is 3. The molecular formula is C12H10N4. The predicted octanol–water partition coefficient (Wildman–Crippen LogP) is 2.10. The van der Waals surface area contributed by atoms with Gasteiger partial charge in [-0.15, -0.1) is 10.2 Å². The van der Waals surface area contributed by atoms with Crippen molar-refractivity contribution in [2.75, 3.05) is 0 Å². The lowest BCUT2D eigenvalue weighted by Gasteiger charge is -2.02. The summed E-state index contributed by atoms with van der Waals surface area (Å²) >= 11 is 0. The average molecular weight is 210 g/mol. The minimum atomic E-state index is 0.869. The lowest BCUT2D eigenvalue weighted by atomic mass is 10.1. The Morgan fingerprint density at radius 2 is 2.06 bits per heavy atom. The second kappa shape index (κ2) is 3.41. The van der Waals surface area contributed by atoms with Crippen LogP contribution < -0.4 is 0 Å². The number of hydrogen-bond donors (Lipinski definition) is 0. The summed E-state index contributed by atoms with van der Waals surface area (Å²) < 4.78 is 1.97. The molecule has 0 fully saturated rings. The number of fused-ring (bicyclic) bond motifs is 1. The number of aromatic nitrogens is 4. The second-order valence-electron chi connectivity index (χ2n) is 3.60. The Labute approximate surface area is 92.6 Å². The number of aryl methyl sites for hydroxylation is 1. The zero-order valence-electron chi connectivity index (χ0n) is 8.83. The molecule has 0 aromatic carbocycles. The first-order valence-electron chi connectivity index (χ1n) is 5.07. The van der Waals surface area contributed by atoms with Crippen LogP contribution in [0.1, 0.15) is 5.82 Å². The van der Waals surface area contributed by atoms with Crippen LogP contribution in [0.5, 0.6) is 0 Å². The Morgan fingerprint density at radius 1 is 1.12 bits per heavy atom. The maximum absolute atomic E-state index is 4.18. The van der Waals surface area contributed by atoms with Gasteiger partial charge < -0.3 is 0 Å². The summed E-state index contributed by atoms with van der Waals surface area (Å²) in [5, 5.41) is 8.25. The molecule has 0 aliphatic carbocycles. The van der Waals surface area contributed by atoms with Crippen LogP contribution >= 0.6 is 0 Å². The summed E-state index contributed by atoms with van der Waals surface area (Å²) in [7, 11) is 0. The molecule has 0 saturated heterocycles. The van der Waals surface area contributed by atoms with Crippen LogP contribution in [0.15, 0.2) is 42.9 Å². The molecule has 0 atom stereocenters. The van der Waals surface area contributed by atoms with Gasteiger partial charge in [0.05, 0.1) is 0 Å². The number of pyridine rings is 2. The van der Waals surface area contributed by atoms with Gasteiger partial charge in [0, 0.05) is 29.7 Å². The van der Waals surface area contributed by atoms with Crippen molar-refractivity contribution in [1.29, 1.82) is 0 Å². The molecule has 0 N–H and O–H groups in total. The first-order chi connectivity index (χ1) is 7.86. The van der Waals surface area contributed by atoms with E-state index in [-0.39, 0.29) is 0 Å². The summed E-state index contributed by atoms with van der Waals surface area (Å²) in [6.07, 6.45) is 5.56. The normalized spacial score (nSPS) is 10.8. The van der Waals surface area contributed by atoms with Gasteiger partial charge in [-0.1, -0.05) is 6.07 Å². The van der Waals surface area contributed by atoms with Crippen molar-refractivity contribution >= 4 is 5.65 Å². The molecule has 3 rings (SSSR count). The molecule has 78 valence electrons. The topological polar surface area (TPSA) is 43.1 Å². The fourth-order valence-corrected chi connectivity index (χ4v) is 1.78. The lowest BCUT2D eigenvalue weighted by Crippen LogP contribution is -1.89. The first-order valence-corrected chi connectivity index (χ1v) is 5.07. The molecule has 0 spiro atoms.